The molecule has 0 saturated heterocycles. The number of thiophene rings is 1. The Morgan fingerprint density at radius 2 is 2.11 bits per heavy atom. The largest absolute Gasteiger partial charge is 0.405 e. The molecule has 0 fully saturated rings. The Balaban J connectivity index is 2.79. The predicted octanol–water partition coefficient (Wildman–Crippen LogP) is 3.61. The van der Waals surface area contributed by atoms with Crippen LogP contribution in [0.2, 0.25) is 0 Å². The molecule has 0 aliphatic heterocycles. The molecule has 2 atom stereocenters. The van der Waals surface area contributed by atoms with Crippen LogP contribution in [0.3, 0.4) is 0 Å². The van der Waals surface area contributed by atoms with Gasteiger partial charge in [0.25, 0.3) is 0 Å². The fourth-order valence-electron chi connectivity index (χ4n) is 1.86. The average molecular weight is 345 g/mol. The fourth-order valence-corrected chi connectivity index (χ4v) is 3.06. The molecule has 2 unspecified atom stereocenters. The standard InChI is InChI=1S/C11H16BrF3N2S/c1-3-8(16)10(11(13,14)15)17(2)5-7-4-9(12)18-6-7/h4,6,8,10H,3,5,16H2,1-2H3. The predicted molar refractivity (Wildman–Crippen MR) is 71.6 cm³/mol. The summed E-state index contributed by atoms with van der Waals surface area (Å²) in [6.07, 6.45) is -4.01. The van der Waals surface area contributed by atoms with Crippen molar-refractivity contribution in [3.63, 3.8) is 0 Å². The molecule has 0 bridgehead atoms. The van der Waals surface area contributed by atoms with Gasteiger partial charge in [0.05, 0.1) is 3.79 Å². The molecule has 2 N–H and O–H groups in total. The van der Waals surface area contributed by atoms with Crippen LogP contribution in [0, 0.1) is 0 Å². The molecule has 0 spiro atoms. The zero-order valence-corrected chi connectivity index (χ0v) is 12.6. The maximum atomic E-state index is 13.0. The first kappa shape index (κ1) is 15.9. The van der Waals surface area contributed by atoms with Crippen LogP contribution in [0.5, 0.6) is 0 Å². The molecular formula is C11H16BrF3N2S. The van der Waals surface area contributed by atoms with E-state index in [0.717, 1.165) is 9.35 Å². The van der Waals surface area contributed by atoms with Crippen molar-refractivity contribution in [1.29, 1.82) is 0 Å². The van der Waals surface area contributed by atoms with Crippen molar-refractivity contribution in [1.82, 2.24) is 4.90 Å². The summed E-state index contributed by atoms with van der Waals surface area (Å²) in [5, 5.41) is 1.84. The summed E-state index contributed by atoms with van der Waals surface area (Å²) in [4.78, 5) is 1.27. The van der Waals surface area contributed by atoms with Gasteiger partial charge in [0.15, 0.2) is 0 Å². The quantitative estimate of drug-likeness (QED) is 0.883. The summed E-state index contributed by atoms with van der Waals surface area (Å²) in [6.45, 7) is 1.90. The van der Waals surface area contributed by atoms with Gasteiger partial charge in [0.2, 0.25) is 0 Å². The molecule has 1 heterocycles. The number of nitrogens with two attached hydrogens (primary N) is 1. The van der Waals surface area contributed by atoms with Crippen LogP contribution in [0.15, 0.2) is 15.2 Å². The minimum atomic E-state index is -4.31. The molecule has 0 saturated carbocycles. The Labute approximate surface area is 117 Å². The van der Waals surface area contributed by atoms with Crippen LogP contribution >= 0.6 is 27.3 Å². The van der Waals surface area contributed by atoms with Crippen LogP contribution in [0.1, 0.15) is 18.9 Å². The van der Waals surface area contributed by atoms with Crippen LogP contribution in [0.4, 0.5) is 13.2 Å². The monoisotopic (exact) mass is 344 g/mol. The molecule has 0 aromatic carbocycles. The van der Waals surface area contributed by atoms with Gasteiger partial charge in [-0.1, -0.05) is 6.92 Å². The van der Waals surface area contributed by atoms with E-state index in [9.17, 15) is 13.2 Å². The normalized spacial score (nSPS) is 16.0. The molecule has 0 aliphatic carbocycles. The Bertz CT molecular complexity index is 381. The number of hydrogen-bond donors (Lipinski definition) is 1. The van der Waals surface area contributed by atoms with Gasteiger partial charge in [-0.3, -0.25) is 4.90 Å². The number of hydrogen-bond acceptors (Lipinski definition) is 3. The summed E-state index contributed by atoms with van der Waals surface area (Å²) < 4.78 is 39.9. The van der Waals surface area contributed by atoms with E-state index in [1.807, 2.05) is 11.4 Å². The molecule has 1 rings (SSSR count). The van der Waals surface area contributed by atoms with Gasteiger partial charge in [-0.25, -0.2) is 0 Å². The molecule has 1 aromatic heterocycles. The number of rotatable bonds is 5. The maximum absolute atomic E-state index is 13.0. The molecule has 1 aromatic rings. The first-order valence-electron chi connectivity index (χ1n) is 5.51. The minimum Gasteiger partial charge on any atom is -0.326 e. The lowest BCUT2D eigenvalue weighted by Gasteiger charge is -2.33. The van der Waals surface area contributed by atoms with E-state index in [0.29, 0.717) is 6.42 Å². The lowest BCUT2D eigenvalue weighted by atomic mass is 10.0. The Morgan fingerprint density at radius 3 is 2.50 bits per heavy atom. The topological polar surface area (TPSA) is 29.3 Å². The van der Waals surface area contributed by atoms with Crippen molar-refractivity contribution < 1.29 is 13.2 Å². The van der Waals surface area contributed by atoms with Crippen LogP contribution < -0.4 is 5.73 Å². The van der Waals surface area contributed by atoms with Crippen molar-refractivity contribution in [2.75, 3.05) is 7.05 Å². The molecule has 18 heavy (non-hydrogen) atoms. The molecule has 7 heteroatoms. The highest BCUT2D eigenvalue weighted by Crippen LogP contribution is 2.29. The molecule has 0 radical (unpaired) electrons. The first-order chi connectivity index (χ1) is 8.25. The third-order valence-corrected chi connectivity index (χ3v) is 4.29. The molecular weight excluding hydrogens is 329 g/mol. The number of nitrogens with zero attached hydrogens (tertiary/aromatic N) is 1. The van der Waals surface area contributed by atoms with E-state index in [1.54, 1.807) is 6.92 Å². The van der Waals surface area contributed by atoms with Crippen molar-refractivity contribution >= 4 is 27.3 Å². The molecule has 104 valence electrons. The lowest BCUT2D eigenvalue weighted by molar-refractivity contribution is -0.187. The Kier molecular flexibility index (Phi) is 5.64. The second-order valence-electron chi connectivity index (χ2n) is 4.23. The second kappa shape index (κ2) is 6.36. The van der Waals surface area contributed by atoms with Crippen molar-refractivity contribution in [2.45, 2.75) is 38.1 Å². The number of halogens is 4. The molecule has 2 nitrogen and oxygen atoms in total. The maximum Gasteiger partial charge on any atom is 0.405 e. The highest BCUT2D eigenvalue weighted by atomic mass is 79.9. The zero-order valence-electron chi connectivity index (χ0n) is 10.2. The average Bonchev–Trinajstić information content (AvgIpc) is 2.61. The van der Waals surface area contributed by atoms with Gasteiger partial charge in [0.1, 0.15) is 6.04 Å². The van der Waals surface area contributed by atoms with Gasteiger partial charge >= 0.3 is 6.18 Å². The third kappa shape index (κ3) is 4.22. The van der Waals surface area contributed by atoms with Gasteiger partial charge in [0, 0.05) is 12.6 Å². The summed E-state index contributed by atoms with van der Waals surface area (Å²) >= 11 is 4.75. The van der Waals surface area contributed by atoms with Gasteiger partial charge in [-0.15, -0.1) is 11.3 Å². The first-order valence-corrected chi connectivity index (χ1v) is 7.18. The van der Waals surface area contributed by atoms with Crippen molar-refractivity contribution in [3.8, 4) is 0 Å². The summed E-state index contributed by atoms with van der Waals surface area (Å²) in [5.41, 5.74) is 6.45. The molecule has 0 aliphatic rings. The van der Waals surface area contributed by atoms with E-state index < -0.39 is 18.3 Å². The van der Waals surface area contributed by atoms with E-state index in [4.69, 9.17) is 5.73 Å². The van der Waals surface area contributed by atoms with E-state index in [-0.39, 0.29) is 6.54 Å². The second-order valence-corrected chi connectivity index (χ2v) is 6.52. The molecule has 0 amide bonds. The highest BCUT2D eigenvalue weighted by Gasteiger charge is 2.45. The number of alkyl halides is 3. The summed E-state index contributed by atoms with van der Waals surface area (Å²) in [7, 11) is 1.46. The van der Waals surface area contributed by atoms with Crippen molar-refractivity contribution in [2.24, 2.45) is 5.73 Å². The highest BCUT2D eigenvalue weighted by molar-refractivity contribution is 9.11. The van der Waals surface area contributed by atoms with Gasteiger partial charge < -0.3 is 5.73 Å². The Morgan fingerprint density at radius 1 is 1.50 bits per heavy atom. The minimum absolute atomic E-state index is 0.236. The van der Waals surface area contributed by atoms with Crippen LogP contribution in [0.25, 0.3) is 0 Å². The third-order valence-electron chi connectivity index (χ3n) is 2.74. The summed E-state index contributed by atoms with van der Waals surface area (Å²) in [6, 6.07) is -0.690. The smallest absolute Gasteiger partial charge is 0.326 e. The zero-order chi connectivity index (χ0) is 13.9. The van der Waals surface area contributed by atoms with E-state index >= 15 is 0 Å². The fraction of sp³-hybridized carbons (Fsp3) is 0.636. The number of likely N-dealkylation sites (N-methyl/N-ethyl adjacent to an activating group) is 1. The van der Waals surface area contributed by atoms with E-state index in [2.05, 4.69) is 15.9 Å². The van der Waals surface area contributed by atoms with Gasteiger partial charge in [-0.05, 0) is 46.4 Å². The van der Waals surface area contributed by atoms with Gasteiger partial charge in [-0.2, -0.15) is 13.2 Å². The Hall–Kier alpha value is -0.110. The summed E-state index contributed by atoms with van der Waals surface area (Å²) in [5.74, 6) is 0. The van der Waals surface area contributed by atoms with Crippen LogP contribution in [-0.2, 0) is 6.54 Å². The van der Waals surface area contributed by atoms with Crippen molar-refractivity contribution in [3.05, 3.63) is 20.8 Å². The lowest BCUT2D eigenvalue weighted by Crippen LogP contribution is -2.54. The van der Waals surface area contributed by atoms with Crippen LogP contribution in [-0.4, -0.2) is 30.2 Å². The van der Waals surface area contributed by atoms with E-state index in [1.165, 1.54) is 23.3 Å². The SMILES string of the molecule is CCC(N)C(N(C)Cc1csc(Br)c1)C(F)(F)F.